The fraction of sp³-hybridized carbons (Fsp3) is 0.550. The zero-order chi connectivity index (χ0) is 18.7. The number of likely N-dealkylation sites (N-methyl/N-ethyl adjacent to an activating group) is 1. The molecule has 3 rings (SSSR count). The molecule has 2 aliphatic rings. The maximum absolute atomic E-state index is 13.2. The van der Waals surface area contributed by atoms with Crippen molar-refractivity contribution in [2.45, 2.75) is 44.6 Å². The van der Waals surface area contributed by atoms with Crippen molar-refractivity contribution in [1.82, 2.24) is 15.1 Å². The Morgan fingerprint density at radius 2 is 1.96 bits per heavy atom. The van der Waals surface area contributed by atoms with Crippen LogP contribution >= 0.6 is 0 Å². The third kappa shape index (κ3) is 3.59. The van der Waals surface area contributed by atoms with Crippen molar-refractivity contribution in [3.05, 3.63) is 35.9 Å². The Balaban J connectivity index is 1.79. The number of urea groups is 1. The van der Waals surface area contributed by atoms with Crippen LogP contribution in [0.1, 0.15) is 44.6 Å². The normalized spacial score (nSPS) is 22.5. The van der Waals surface area contributed by atoms with Gasteiger partial charge in [0.25, 0.3) is 5.91 Å². The minimum absolute atomic E-state index is 0.195. The van der Waals surface area contributed by atoms with Gasteiger partial charge in [-0.3, -0.25) is 14.5 Å². The highest BCUT2D eigenvalue weighted by molar-refractivity contribution is 6.09. The molecule has 140 valence electrons. The lowest BCUT2D eigenvalue weighted by atomic mass is 9.85. The van der Waals surface area contributed by atoms with Crippen molar-refractivity contribution < 1.29 is 14.4 Å². The van der Waals surface area contributed by atoms with E-state index in [1.54, 1.807) is 11.9 Å². The molecule has 0 radical (unpaired) electrons. The van der Waals surface area contributed by atoms with Crippen LogP contribution in [-0.4, -0.2) is 47.8 Å². The first-order valence-corrected chi connectivity index (χ1v) is 9.41. The Kier molecular flexibility index (Phi) is 5.30. The van der Waals surface area contributed by atoms with Crippen molar-refractivity contribution in [3.8, 4) is 0 Å². The van der Waals surface area contributed by atoms with Gasteiger partial charge in [-0.25, -0.2) is 4.79 Å². The molecule has 1 unspecified atom stereocenters. The van der Waals surface area contributed by atoms with Gasteiger partial charge in [0.15, 0.2) is 0 Å². The SMILES string of the molecule is CCCCC1(c2ccccc2)NC(=O)N(CC(=O)N(C)CC2CC2)C1=O. The molecule has 1 aliphatic carbocycles. The Labute approximate surface area is 154 Å². The molecular formula is C20H27N3O3. The summed E-state index contributed by atoms with van der Waals surface area (Å²) in [5.74, 6) is 0.0510. The van der Waals surface area contributed by atoms with Crippen LogP contribution in [0.3, 0.4) is 0 Å². The van der Waals surface area contributed by atoms with Crippen LogP contribution in [0.25, 0.3) is 0 Å². The number of hydrogen-bond donors (Lipinski definition) is 1. The smallest absolute Gasteiger partial charge is 0.325 e. The van der Waals surface area contributed by atoms with Crippen LogP contribution < -0.4 is 5.32 Å². The topological polar surface area (TPSA) is 69.7 Å². The summed E-state index contributed by atoms with van der Waals surface area (Å²) in [5.41, 5.74) is -0.294. The molecule has 1 atom stereocenters. The summed E-state index contributed by atoms with van der Waals surface area (Å²) in [6, 6.07) is 8.84. The molecule has 0 aromatic heterocycles. The monoisotopic (exact) mass is 357 g/mol. The molecule has 1 N–H and O–H groups in total. The number of unbranched alkanes of at least 4 members (excludes halogenated alkanes) is 1. The van der Waals surface area contributed by atoms with E-state index >= 15 is 0 Å². The van der Waals surface area contributed by atoms with E-state index in [9.17, 15) is 14.4 Å². The van der Waals surface area contributed by atoms with Gasteiger partial charge in [-0.2, -0.15) is 0 Å². The van der Waals surface area contributed by atoms with E-state index in [4.69, 9.17) is 0 Å². The molecule has 6 nitrogen and oxygen atoms in total. The molecule has 0 spiro atoms. The summed E-state index contributed by atoms with van der Waals surface area (Å²) in [4.78, 5) is 40.9. The van der Waals surface area contributed by atoms with Crippen LogP contribution in [0, 0.1) is 5.92 Å². The lowest BCUT2D eigenvalue weighted by Gasteiger charge is -2.27. The maximum atomic E-state index is 13.2. The fourth-order valence-electron chi connectivity index (χ4n) is 3.49. The molecule has 1 saturated carbocycles. The van der Waals surface area contributed by atoms with Crippen molar-refractivity contribution >= 4 is 17.8 Å². The van der Waals surface area contributed by atoms with Gasteiger partial charge >= 0.3 is 6.03 Å². The van der Waals surface area contributed by atoms with Gasteiger partial charge in [-0.05, 0) is 30.7 Å². The van der Waals surface area contributed by atoms with Crippen LogP contribution in [0.2, 0.25) is 0 Å². The van der Waals surface area contributed by atoms with Gasteiger partial charge in [0, 0.05) is 13.6 Å². The third-order valence-electron chi connectivity index (χ3n) is 5.30. The first-order valence-electron chi connectivity index (χ1n) is 9.41. The Hall–Kier alpha value is -2.37. The first kappa shape index (κ1) is 18.4. The number of imide groups is 1. The lowest BCUT2D eigenvalue weighted by Crippen LogP contribution is -2.45. The lowest BCUT2D eigenvalue weighted by molar-refractivity contribution is -0.138. The Bertz CT molecular complexity index is 687. The minimum atomic E-state index is -1.07. The molecule has 1 aliphatic heterocycles. The van der Waals surface area contributed by atoms with Crippen molar-refractivity contribution in [3.63, 3.8) is 0 Å². The number of benzene rings is 1. The molecule has 6 heteroatoms. The molecule has 0 bridgehead atoms. The number of hydrogen-bond acceptors (Lipinski definition) is 3. The highest BCUT2D eigenvalue weighted by Gasteiger charge is 2.52. The van der Waals surface area contributed by atoms with E-state index in [2.05, 4.69) is 5.32 Å². The largest absolute Gasteiger partial charge is 0.344 e. The average Bonchev–Trinajstić information content (AvgIpc) is 3.42. The van der Waals surface area contributed by atoms with Crippen molar-refractivity contribution in [1.29, 1.82) is 0 Å². The molecule has 1 aromatic carbocycles. The number of carbonyl (C=O) groups is 3. The van der Waals surface area contributed by atoms with Crippen LogP contribution in [0.15, 0.2) is 30.3 Å². The number of carbonyl (C=O) groups excluding carboxylic acids is 3. The maximum Gasteiger partial charge on any atom is 0.325 e. The Morgan fingerprint density at radius 1 is 1.27 bits per heavy atom. The van der Waals surface area contributed by atoms with Gasteiger partial charge in [0.1, 0.15) is 12.1 Å². The summed E-state index contributed by atoms with van der Waals surface area (Å²) in [6.45, 7) is 2.55. The summed E-state index contributed by atoms with van der Waals surface area (Å²) in [5, 5.41) is 2.88. The molecule has 4 amide bonds. The minimum Gasteiger partial charge on any atom is -0.344 e. The van der Waals surface area contributed by atoms with Gasteiger partial charge in [0.05, 0.1) is 0 Å². The van der Waals surface area contributed by atoms with E-state index in [0.29, 0.717) is 18.9 Å². The van der Waals surface area contributed by atoms with Gasteiger partial charge in [0.2, 0.25) is 5.91 Å². The first-order chi connectivity index (χ1) is 12.5. The second-order valence-corrected chi connectivity index (χ2v) is 7.41. The third-order valence-corrected chi connectivity index (χ3v) is 5.30. The van der Waals surface area contributed by atoms with Gasteiger partial charge in [-0.1, -0.05) is 50.1 Å². The zero-order valence-electron chi connectivity index (χ0n) is 15.5. The Morgan fingerprint density at radius 3 is 2.58 bits per heavy atom. The standard InChI is InChI=1S/C20H27N3O3/c1-3-4-12-20(16-8-6-5-7-9-16)18(25)23(19(26)21-20)14-17(24)22(2)13-15-10-11-15/h5-9,15H,3-4,10-14H2,1-2H3,(H,21,26). The number of nitrogens with one attached hydrogen (secondary N) is 1. The predicted molar refractivity (Wildman–Crippen MR) is 98.3 cm³/mol. The number of rotatable bonds is 8. The second kappa shape index (κ2) is 7.48. The highest BCUT2D eigenvalue weighted by Crippen LogP contribution is 2.34. The molecule has 1 heterocycles. The predicted octanol–water partition coefficient (Wildman–Crippen LogP) is 2.49. The van der Waals surface area contributed by atoms with Crippen LogP contribution in [-0.2, 0) is 15.1 Å². The number of amides is 4. The molecular weight excluding hydrogens is 330 g/mol. The van der Waals surface area contributed by atoms with Crippen LogP contribution in [0.4, 0.5) is 4.79 Å². The number of nitrogens with zero attached hydrogens (tertiary/aromatic N) is 2. The summed E-state index contributed by atoms with van der Waals surface area (Å²) in [7, 11) is 1.74. The summed E-state index contributed by atoms with van der Waals surface area (Å²) >= 11 is 0. The molecule has 1 aromatic rings. The van der Waals surface area contributed by atoms with Gasteiger partial charge < -0.3 is 10.2 Å². The van der Waals surface area contributed by atoms with Crippen LogP contribution in [0.5, 0.6) is 0 Å². The zero-order valence-corrected chi connectivity index (χ0v) is 15.5. The van der Waals surface area contributed by atoms with E-state index in [0.717, 1.165) is 36.1 Å². The van der Waals surface area contributed by atoms with E-state index in [-0.39, 0.29) is 18.4 Å². The molecule has 2 fully saturated rings. The fourth-order valence-corrected chi connectivity index (χ4v) is 3.49. The molecule has 26 heavy (non-hydrogen) atoms. The average molecular weight is 357 g/mol. The highest BCUT2D eigenvalue weighted by atomic mass is 16.2. The van der Waals surface area contributed by atoms with Crippen molar-refractivity contribution in [2.75, 3.05) is 20.1 Å². The van der Waals surface area contributed by atoms with Gasteiger partial charge in [-0.15, -0.1) is 0 Å². The van der Waals surface area contributed by atoms with E-state index in [1.165, 1.54) is 0 Å². The second-order valence-electron chi connectivity index (χ2n) is 7.41. The summed E-state index contributed by atoms with van der Waals surface area (Å²) in [6.07, 6.45) is 4.55. The summed E-state index contributed by atoms with van der Waals surface area (Å²) < 4.78 is 0. The van der Waals surface area contributed by atoms with E-state index < -0.39 is 11.6 Å². The quantitative estimate of drug-likeness (QED) is 0.727. The van der Waals surface area contributed by atoms with Crippen molar-refractivity contribution in [2.24, 2.45) is 5.92 Å². The molecule has 1 saturated heterocycles. The van der Waals surface area contributed by atoms with E-state index in [1.807, 2.05) is 37.3 Å².